The summed E-state index contributed by atoms with van der Waals surface area (Å²) in [6.07, 6.45) is 1.41. The normalized spacial score (nSPS) is 11.5. The minimum atomic E-state index is -3.90. The first-order valence-electron chi connectivity index (χ1n) is 12.4. The summed E-state index contributed by atoms with van der Waals surface area (Å²) in [5.74, 6) is -0.523. The van der Waals surface area contributed by atoms with Crippen molar-refractivity contribution in [3.05, 3.63) is 119 Å². The van der Waals surface area contributed by atoms with Gasteiger partial charge in [0.25, 0.3) is 10.0 Å². The number of ether oxygens (including phenoxy) is 1. The number of benzene rings is 4. The van der Waals surface area contributed by atoms with Gasteiger partial charge < -0.3 is 15.6 Å². The van der Waals surface area contributed by atoms with Crippen LogP contribution in [-0.2, 0) is 34.4 Å². The van der Waals surface area contributed by atoms with Crippen molar-refractivity contribution in [2.45, 2.75) is 31.4 Å². The number of hydrogen-bond donors (Lipinski definition) is 2. The van der Waals surface area contributed by atoms with Gasteiger partial charge in [0.2, 0.25) is 0 Å². The predicted molar refractivity (Wildman–Crippen MR) is 151 cm³/mol. The summed E-state index contributed by atoms with van der Waals surface area (Å²) in [4.78, 5) is 11.6. The number of fused-ring (bicyclic) bond motifs is 1. The third-order valence-corrected chi connectivity index (χ3v) is 8.51. The monoisotopic (exact) mass is 540 g/mol. The number of aromatic nitrogens is 1. The standard InChI is InChI=1S/C31H28N2O5S/c1-21-7-2-5-12-30(21)39(36,37)33-19-26(20-38-29-11-4-3-9-25(29)17-31(34)35)27-16-24(13-14-28(27)33)23-10-6-8-22(15-23)18-32/h2-16,19H,17-18,20,32H2,1H3,(H,34,35). The molecule has 7 nitrogen and oxygen atoms in total. The van der Waals surface area contributed by atoms with Gasteiger partial charge in [0.15, 0.2) is 0 Å². The van der Waals surface area contributed by atoms with Gasteiger partial charge in [0.05, 0.1) is 16.8 Å². The van der Waals surface area contributed by atoms with Crippen molar-refractivity contribution in [2.75, 3.05) is 0 Å². The zero-order valence-electron chi connectivity index (χ0n) is 21.4. The summed E-state index contributed by atoms with van der Waals surface area (Å²) in [5.41, 5.74) is 11.1. The summed E-state index contributed by atoms with van der Waals surface area (Å²) in [6, 6.07) is 27.4. The molecule has 0 aliphatic carbocycles. The fourth-order valence-corrected chi connectivity index (χ4v) is 6.32. The molecule has 0 bridgehead atoms. The molecule has 5 aromatic rings. The third kappa shape index (κ3) is 5.30. The zero-order valence-corrected chi connectivity index (χ0v) is 22.2. The molecule has 0 fully saturated rings. The van der Waals surface area contributed by atoms with Crippen LogP contribution in [0.5, 0.6) is 5.75 Å². The number of aryl methyl sites for hydroxylation is 1. The number of para-hydroxylation sites is 1. The number of carboxylic acid groups (broad SMARTS) is 1. The van der Waals surface area contributed by atoms with E-state index in [1.807, 2.05) is 36.4 Å². The van der Waals surface area contributed by atoms with Gasteiger partial charge in [-0.25, -0.2) is 12.4 Å². The molecule has 0 saturated heterocycles. The SMILES string of the molecule is Cc1ccccc1S(=O)(=O)n1cc(COc2ccccc2CC(=O)O)c2cc(-c3cccc(CN)c3)ccc21. The Balaban J connectivity index is 1.63. The Bertz CT molecular complexity index is 1790. The molecule has 0 aliphatic heterocycles. The number of nitrogens with two attached hydrogens (primary N) is 1. The van der Waals surface area contributed by atoms with Crippen LogP contribution in [0.2, 0.25) is 0 Å². The maximum absolute atomic E-state index is 13.8. The summed E-state index contributed by atoms with van der Waals surface area (Å²) in [5, 5.41) is 10.0. The summed E-state index contributed by atoms with van der Waals surface area (Å²) < 4.78 is 35.0. The summed E-state index contributed by atoms with van der Waals surface area (Å²) >= 11 is 0. The minimum absolute atomic E-state index is 0.0513. The van der Waals surface area contributed by atoms with Crippen LogP contribution in [0.3, 0.4) is 0 Å². The van der Waals surface area contributed by atoms with Gasteiger partial charge in [-0.3, -0.25) is 4.79 Å². The lowest BCUT2D eigenvalue weighted by Gasteiger charge is -2.10. The zero-order chi connectivity index (χ0) is 27.6. The van der Waals surface area contributed by atoms with Gasteiger partial charge in [-0.2, -0.15) is 0 Å². The van der Waals surface area contributed by atoms with Gasteiger partial charge in [0.1, 0.15) is 12.4 Å². The number of carboxylic acids is 1. The second-order valence-corrected chi connectivity index (χ2v) is 11.1. The van der Waals surface area contributed by atoms with Crippen LogP contribution in [0.25, 0.3) is 22.0 Å². The van der Waals surface area contributed by atoms with Crippen molar-refractivity contribution in [2.24, 2.45) is 5.73 Å². The van der Waals surface area contributed by atoms with Crippen molar-refractivity contribution in [3.8, 4) is 16.9 Å². The van der Waals surface area contributed by atoms with Gasteiger partial charge in [-0.05, 0) is 59.5 Å². The van der Waals surface area contributed by atoms with E-state index in [-0.39, 0.29) is 17.9 Å². The molecule has 0 radical (unpaired) electrons. The highest BCUT2D eigenvalue weighted by atomic mass is 32.2. The Hall–Kier alpha value is -4.40. The molecule has 8 heteroatoms. The second kappa shape index (κ2) is 10.8. The van der Waals surface area contributed by atoms with Crippen LogP contribution in [0, 0.1) is 6.92 Å². The van der Waals surface area contributed by atoms with Crippen LogP contribution in [0.1, 0.15) is 22.3 Å². The van der Waals surface area contributed by atoms with Gasteiger partial charge in [-0.15, -0.1) is 0 Å². The Morgan fingerprint density at radius 2 is 1.64 bits per heavy atom. The van der Waals surface area contributed by atoms with Crippen molar-refractivity contribution >= 4 is 26.9 Å². The Labute approximate surface area is 227 Å². The molecule has 0 aliphatic rings. The van der Waals surface area contributed by atoms with Crippen molar-refractivity contribution in [3.63, 3.8) is 0 Å². The van der Waals surface area contributed by atoms with Crippen LogP contribution >= 0.6 is 0 Å². The molecule has 1 heterocycles. The van der Waals surface area contributed by atoms with Gasteiger partial charge >= 0.3 is 5.97 Å². The highest BCUT2D eigenvalue weighted by molar-refractivity contribution is 7.90. The highest BCUT2D eigenvalue weighted by Crippen LogP contribution is 2.32. The van der Waals surface area contributed by atoms with Crippen molar-refractivity contribution in [1.29, 1.82) is 0 Å². The first-order chi connectivity index (χ1) is 18.8. The Morgan fingerprint density at radius 1 is 0.897 bits per heavy atom. The molecule has 198 valence electrons. The average Bonchev–Trinajstić information content (AvgIpc) is 3.31. The second-order valence-electron chi connectivity index (χ2n) is 9.32. The molecule has 4 aromatic carbocycles. The molecule has 0 amide bonds. The van der Waals surface area contributed by atoms with E-state index in [2.05, 4.69) is 0 Å². The highest BCUT2D eigenvalue weighted by Gasteiger charge is 2.23. The fourth-order valence-electron chi connectivity index (χ4n) is 4.70. The smallest absolute Gasteiger partial charge is 0.307 e. The van der Waals surface area contributed by atoms with Crippen LogP contribution in [0.15, 0.2) is 102 Å². The van der Waals surface area contributed by atoms with E-state index >= 15 is 0 Å². The molecule has 1 aromatic heterocycles. The number of hydrogen-bond acceptors (Lipinski definition) is 5. The van der Waals surface area contributed by atoms with E-state index < -0.39 is 16.0 Å². The first kappa shape index (κ1) is 26.2. The van der Waals surface area contributed by atoms with E-state index in [9.17, 15) is 18.3 Å². The summed E-state index contributed by atoms with van der Waals surface area (Å²) in [7, 11) is -3.90. The molecule has 39 heavy (non-hydrogen) atoms. The van der Waals surface area contributed by atoms with Crippen molar-refractivity contribution < 1.29 is 23.1 Å². The van der Waals surface area contributed by atoms with E-state index in [0.29, 0.717) is 34.5 Å². The average molecular weight is 541 g/mol. The van der Waals surface area contributed by atoms with E-state index in [1.165, 1.54) is 3.97 Å². The summed E-state index contributed by atoms with van der Waals surface area (Å²) in [6.45, 7) is 2.23. The Morgan fingerprint density at radius 3 is 2.41 bits per heavy atom. The fraction of sp³-hybridized carbons (Fsp3) is 0.129. The maximum atomic E-state index is 13.8. The molecule has 0 spiro atoms. The van der Waals surface area contributed by atoms with Gasteiger partial charge in [-0.1, -0.05) is 60.7 Å². The number of rotatable bonds is 9. The quantitative estimate of drug-likeness (QED) is 0.255. The molecule has 5 rings (SSSR count). The van der Waals surface area contributed by atoms with E-state index in [4.69, 9.17) is 10.5 Å². The lowest BCUT2D eigenvalue weighted by Crippen LogP contribution is -2.13. The maximum Gasteiger partial charge on any atom is 0.307 e. The Kier molecular flexibility index (Phi) is 7.24. The number of aliphatic carboxylic acids is 1. The minimum Gasteiger partial charge on any atom is -0.489 e. The molecule has 3 N–H and O–H groups in total. The van der Waals surface area contributed by atoms with Crippen LogP contribution in [-0.4, -0.2) is 23.5 Å². The number of carbonyl (C=O) groups is 1. The largest absolute Gasteiger partial charge is 0.489 e. The molecular weight excluding hydrogens is 512 g/mol. The topological polar surface area (TPSA) is 112 Å². The van der Waals surface area contributed by atoms with Gasteiger partial charge in [0, 0.05) is 29.3 Å². The third-order valence-electron chi connectivity index (χ3n) is 6.68. The molecular formula is C31H28N2O5S. The number of nitrogens with zero attached hydrogens (tertiary/aromatic N) is 1. The van der Waals surface area contributed by atoms with Crippen molar-refractivity contribution in [1.82, 2.24) is 3.97 Å². The first-order valence-corrected chi connectivity index (χ1v) is 13.9. The lowest BCUT2D eigenvalue weighted by atomic mass is 10.0. The van der Waals surface area contributed by atoms with Crippen LogP contribution < -0.4 is 10.5 Å². The predicted octanol–water partition coefficient (Wildman–Crippen LogP) is 5.52. The van der Waals surface area contributed by atoms with E-state index in [1.54, 1.807) is 67.7 Å². The molecule has 0 saturated carbocycles. The van der Waals surface area contributed by atoms with Crippen LogP contribution in [0.4, 0.5) is 0 Å². The molecule has 0 atom stereocenters. The lowest BCUT2D eigenvalue weighted by molar-refractivity contribution is -0.136. The van der Waals surface area contributed by atoms with E-state index in [0.717, 1.165) is 22.1 Å². The molecule has 0 unspecified atom stereocenters.